The summed E-state index contributed by atoms with van der Waals surface area (Å²) in [5.41, 5.74) is 0.427. The lowest BCUT2D eigenvalue weighted by atomic mass is 10.2. The minimum Gasteiger partial charge on any atom is -0.478 e. The number of aromatic amines is 1. The topological polar surface area (TPSA) is 75.1 Å². The summed E-state index contributed by atoms with van der Waals surface area (Å²) in [6.45, 7) is 0. The number of nitrogens with zero attached hydrogens (tertiary/aromatic N) is 1. The highest BCUT2D eigenvalue weighted by molar-refractivity contribution is 5.88. The highest BCUT2D eigenvalue weighted by Crippen LogP contribution is 2.07. The first-order valence-corrected chi connectivity index (χ1v) is 4.28. The van der Waals surface area contributed by atoms with E-state index in [1.807, 2.05) is 0 Å². The third-order valence-electron chi connectivity index (χ3n) is 2.00. The third kappa shape index (κ3) is 1.67. The fourth-order valence-corrected chi connectivity index (χ4v) is 1.30. The van der Waals surface area contributed by atoms with Crippen LogP contribution in [0.2, 0.25) is 0 Å². The lowest BCUT2D eigenvalue weighted by Gasteiger charge is -2.02. The van der Waals surface area contributed by atoms with Crippen LogP contribution in [0.3, 0.4) is 0 Å². The van der Waals surface area contributed by atoms with Gasteiger partial charge in [-0.05, 0) is 18.2 Å². The number of hydrogen-bond acceptors (Lipinski definition) is 2. The van der Waals surface area contributed by atoms with Gasteiger partial charge in [-0.1, -0.05) is 6.07 Å². The molecule has 0 bridgehead atoms. The van der Waals surface area contributed by atoms with Crippen LogP contribution < -0.4 is 5.56 Å². The summed E-state index contributed by atoms with van der Waals surface area (Å²) in [6, 6.07) is 7.52. The van der Waals surface area contributed by atoms with E-state index in [1.54, 1.807) is 12.1 Å². The van der Waals surface area contributed by atoms with Gasteiger partial charge in [-0.2, -0.15) is 0 Å². The molecular formula is C10H8N2O3. The summed E-state index contributed by atoms with van der Waals surface area (Å²) >= 11 is 0. The van der Waals surface area contributed by atoms with Crippen LogP contribution in [-0.4, -0.2) is 20.9 Å². The molecule has 0 fully saturated rings. The van der Waals surface area contributed by atoms with Crippen molar-refractivity contribution in [3.05, 3.63) is 52.4 Å². The number of rotatable bonds is 2. The standard InChI is InChI=1S/C10H8N2O3/c13-9-4-5-11-12(9)8-3-1-2-7(6-8)10(14)15/h1-6,11H,(H,14,15). The second-order valence-corrected chi connectivity index (χ2v) is 2.99. The van der Waals surface area contributed by atoms with Crippen LogP contribution in [-0.2, 0) is 0 Å². The monoisotopic (exact) mass is 204 g/mol. The molecule has 0 aliphatic heterocycles. The Balaban J connectivity index is 2.55. The van der Waals surface area contributed by atoms with E-state index in [2.05, 4.69) is 5.10 Å². The fraction of sp³-hybridized carbons (Fsp3) is 0. The van der Waals surface area contributed by atoms with Gasteiger partial charge in [0.25, 0.3) is 5.56 Å². The van der Waals surface area contributed by atoms with Gasteiger partial charge in [0.15, 0.2) is 0 Å². The van der Waals surface area contributed by atoms with Crippen molar-refractivity contribution in [3.8, 4) is 5.69 Å². The number of H-pyrrole nitrogens is 1. The van der Waals surface area contributed by atoms with Crippen LogP contribution in [0.4, 0.5) is 0 Å². The van der Waals surface area contributed by atoms with E-state index in [0.29, 0.717) is 5.69 Å². The van der Waals surface area contributed by atoms with E-state index in [0.717, 1.165) is 0 Å². The number of aromatic nitrogens is 2. The van der Waals surface area contributed by atoms with Gasteiger partial charge in [0.1, 0.15) is 0 Å². The van der Waals surface area contributed by atoms with Crippen molar-refractivity contribution >= 4 is 5.97 Å². The maximum Gasteiger partial charge on any atom is 0.335 e. The quantitative estimate of drug-likeness (QED) is 0.761. The summed E-state index contributed by atoms with van der Waals surface area (Å²) in [6.07, 6.45) is 1.50. The lowest BCUT2D eigenvalue weighted by molar-refractivity contribution is 0.0697. The number of aromatic carboxylic acids is 1. The number of carboxylic acids is 1. The Morgan fingerprint density at radius 3 is 2.73 bits per heavy atom. The average molecular weight is 204 g/mol. The van der Waals surface area contributed by atoms with Gasteiger partial charge in [-0.3, -0.25) is 9.89 Å². The summed E-state index contributed by atoms with van der Waals surface area (Å²) in [4.78, 5) is 22.0. The molecule has 0 radical (unpaired) electrons. The van der Waals surface area contributed by atoms with Gasteiger partial charge in [0.05, 0.1) is 11.3 Å². The molecule has 5 heteroatoms. The normalized spacial score (nSPS) is 10.1. The summed E-state index contributed by atoms with van der Waals surface area (Å²) in [5, 5.41) is 11.5. The second kappa shape index (κ2) is 3.45. The first-order valence-electron chi connectivity index (χ1n) is 4.28. The van der Waals surface area contributed by atoms with E-state index in [-0.39, 0.29) is 11.1 Å². The molecular weight excluding hydrogens is 196 g/mol. The second-order valence-electron chi connectivity index (χ2n) is 2.99. The highest BCUT2D eigenvalue weighted by atomic mass is 16.4. The molecule has 1 aromatic carbocycles. The predicted octanol–water partition coefficient (Wildman–Crippen LogP) is 0.864. The Bertz CT molecular complexity index is 554. The maximum atomic E-state index is 11.3. The Morgan fingerprint density at radius 1 is 1.33 bits per heavy atom. The molecule has 1 heterocycles. The van der Waals surface area contributed by atoms with Crippen molar-refractivity contribution in [1.29, 1.82) is 0 Å². The van der Waals surface area contributed by atoms with E-state index in [9.17, 15) is 9.59 Å². The summed E-state index contributed by atoms with van der Waals surface area (Å²) < 4.78 is 1.27. The predicted molar refractivity (Wildman–Crippen MR) is 53.3 cm³/mol. The molecule has 15 heavy (non-hydrogen) atoms. The van der Waals surface area contributed by atoms with Gasteiger partial charge >= 0.3 is 5.97 Å². The minimum atomic E-state index is -1.02. The van der Waals surface area contributed by atoms with Gasteiger partial charge in [-0.25, -0.2) is 9.48 Å². The third-order valence-corrected chi connectivity index (χ3v) is 2.00. The molecule has 0 saturated carbocycles. The molecule has 0 aliphatic carbocycles. The van der Waals surface area contributed by atoms with Crippen LogP contribution in [0.25, 0.3) is 5.69 Å². The Labute approximate surface area is 84.6 Å². The molecule has 1 aromatic heterocycles. The van der Waals surface area contributed by atoms with Crippen molar-refractivity contribution in [2.24, 2.45) is 0 Å². The molecule has 0 amide bonds. The van der Waals surface area contributed by atoms with Crippen molar-refractivity contribution in [2.45, 2.75) is 0 Å². The fourth-order valence-electron chi connectivity index (χ4n) is 1.30. The molecule has 0 atom stereocenters. The highest BCUT2D eigenvalue weighted by Gasteiger charge is 2.05. The van der Waals surface area contributed by atoms with Gasteiger partial charge in [0.2, 0.25) is 0 Å². The van der Waals surface area contributed by atoms with Crippen molar-refractivity contribution < 1.29 is 9.90 Å². The molecule has 76 valence electrons. The molecule has 2 rings (SSSR count). The van der Waals surface area contributed by atoms with Gasteiger partial charge in [-0.15, -0.1) is 0 Å². The van der Waals surface area contributed by atoms with Crippen LogP contribution in [0.15, 0.2) is 41.3 Å². The first-order chi connectivity index (χ1) is 7.18. The Hall–Kier alpha value is -2.30. The molecule has 0 saturated heterocycles. The number of carboxylic acid groups (broad SMARTS) is 1. The maximum absolute atomic E-state index is 11.3. The van der Waals surface area contributed by atoms with Gasteiger partial charge in [0, 0.05) is 12.3 Å². The zero-order valence-corrected chi connectivity index (χ0v) is 7.68. The summed E-state index contributed by atoms with van der Waals surface area (Å²) in [5.74, 6) is -1.02. The Morgan fingerprint density at radius 2 is 2.13 bits per heavy atom. The van der Waals surface area contributed by atoms with Crippen molar-refractivity contribution in [3.63, 3.8) is 0 Å². The van der Waals surface area contributed by atoms with Crippen molar-refractivity contribution in [2.75, 3.05) is 0 Å². The van der Waals surface area contributed by atoms with E-state index < -0.39 is 5.97 Å². The molecule has 0 unspecified atom stereocenters. The average Bonchev–Trinajstić information content (AvgIpc) is 2.64. The lowest BCUT2D eigenvalue weighted by Crippen LogP contribution is -2.13. The zero-order chi connectivity index (χ0) is 10.8. The molecule has 0 aliphatic rings. The van der Waals surface area contributed by atoms with E-state index >= 15 is 0 Å². The first kappa shape index (κ1) is 9.26. The molecule has 2 aromatic rings. The molecule has 0 spiro atoms. The molecule has 5 nitrogen and oxygen atoms in total. The van der Waals surface area contributed by atoms with Crippen LogP contribution >= 0.6 is 0 Å². The number of nitrogens with one attached hydrogen (secondary N) is 1. The largest absolute Gasteiger partial charge is 0.478 e. The van der Waals surface area contributed by atoms with Crippen molar-refractivity contribution in [1.82, 2.24) is 9.78 Å². The van der Waals surface area contributed by atoms with Crippen LogP contribution in [0.1, 0.15) is 10.4 Å². The Kier molecular flexibility index (Phi) is 2.13. The van der Waals surface area contributed by atoms with E-state index in [1.165, 1.54) is 29.1 Å². The number of hydrogen-bond donors (Lipinski definition) is 2. The molecule has 2 N–H and O–H groups in total. The minimum absolute atomic E-state index is 0.147. The van der Waals surface area contributed by atoms with E-state index in [4.69, 9.17) is 5.11 Å². The summed E-state index contributed by atoms with van der Waals surface area (Å²) in [7, 11) is 0. The van der Waals surface area contributed by atoms with Crippen LogP contribution in [0, 0.1) is 0 Å². The van der Waals surface area contributed by atoms with Gasteiger partial charge < -0.3 is 5.11 Å². The SMILES string of the molecule is O=C(O)c1cccc(-n2[nH]ccc2=O)c1. The van der Waals surface area contributed by atoms with Crippen LogP contribution in [0.5, 0.6) is 0 Å². The smallest absolute Gasteiger partial charge is 0.335 e. The number of benzene rings is 1. The number of carbonyl (C=O) groups is 1. The zero-order valence-electron chi connectivity index (χ0n) is 7.68.